The Morgan fingerprint density at radius 1 is 0.700 bits per heavy atom. The monoisotopic (exact) mass is 458 g/mol. The van der Waals surface area contributed by atoms with Crippen molar-refractivity contribution >= 4 is 37.4 Å². The van der Waals surface area contributed by atoms with Crippen molar-refractivity contribution in [3.63, 3.8) is 0 Å². The predicted molar refractivity (Wildman–Crippen MR) is 128 cm³/mol. The molecule has 0 N–H and O–H groups in total. The van der Waals surface area contributed by atoms with E-state index >= 15 is 0 Å². The first kappa shape index (κ1) is 26.3. The van der Waals surface area contributed by atoms with Gasteiger partial charge in [-0.1, -0.05) is 12.2 Å². The van der Waals surface area contributed by atoms with Gasteiger partial charge in [0.15, 0.2) is 0 Å². The predicted octanol–water partition coefficient (Wildman–Crippen LogP) is 6.14. The van der Waals surface area contributed by atoms with Crippen LogP contribution in [0.5, 0.6) is 0 Å². The van der Waals surface area contributed by atoms with Gasteiger partial charge in [0.2, 0.25) is 0 Å². The Morgan fingerprint density at radius 3 is 1.57 bits per heavy atom. The molecule has 0 saturated carbocycles. The summed E-state index contributed by atoms with van der Waals surface area (Å²) >= 11 is 11.9. The van der Waals surface area contributed by atoms with E-state index in [2.05, 4.69) is 67.5 Å². The van der Waals surface area contributed by atoms with E-state index in [0.717, 1.165) is 36.6 Å². The molecule has 8 heteroatoms. The van der Waals surface area contributed by atoms with Gasteiger partial charge in [-0.2, -0.15) is 0 Å². The number of unbranched alkanes of at least 4 members (excludes halogenated alkanes) is 1. The molecule has 170 valence electrons. The Morgan fingerprint density at radius 2 is 1.13 bits per heavy atom. The largest absolute Gasteiger partial charge is 0.494 e. The minimum Gasteiger partial charge on any atom is -0.400 e. The van der Waals surface area contributed by atoms with E-state index in [1.807, 2.05) is 0 Å². The molecule has 2 aliphatic heterocycles. The van der Waals surface area contributed by atoms with Crippen molar-refractivity contribution < 1.29 is 18.6 Å². The van der Waals surface area contributed by atoms with Gasteiger partial charge in [0.05, 0.1) is 22.4 Å². The number of rotatable bonds is 9. The molecular weight excluding hydrogens is 421 g/mol. The molecule has 2 fully saturated rings. The van der Waals surface area contributed by atoms with E-state index < -0.39 is 36.6 Å². The average Bonchev–Trinajstić information content (AvgIpc) is 2.96. The highest BCUT2D eigenvalue weighted by atomic mass is 35.5. The summed E-state index contributed by atoms with van der Waals surface area (Å²) in [4.78, 5) is 0. The maximum Gasteiger partial charge on any atom is 0.494 e. The number of allylic oxidation sites excluding steroid dienone is 4. The molecule has 0 aromatic rings. The quantitative estimate of drug-likeness (QED) is 0.180. The van der Waals surface area contributed by atoms with E-state index in [-0.39, 0.29) is 0 Å². The van der Waals surface area contributed by atoms with Crippen molar-refractivity contribution in [2.75, 3.05) is 11.8 Å². The standard InChI is InChI=1S/C22H38B2Cl2O4/c1-19(2)20(3,4)28-23(27-19)17(13-10-9-11-15-25)18(14-12-16-26)24-29-21(5,6)22(7,8)30-24/h10,13H,9,11-12,14-16H2,1-8H3/b13-10+,18-17+. The highest BCUT2D eigenvalue weighted by Gasteiger charge is 2.56. The molecular formula is C22H38B2Cl2O4. The fourth-order valence-electron chi connectivity index (χ4n) is 3.35. The first-order valence-corrected chi connectivity index (χ1v) is 12.1. The van der Waals surface area contributed by atoms with Crippen LogP contribution < -0.4 is 0 Å². The van der Waals surface area contributed by atoms with Crippen LogP contribution in [0.15, 0.2) is 23.1 Å². The van der Waals surface area contributed by atoms with Gasteiger partial charge in [-0.25, -0.2) is 0 Å². The molecule has 2 rings (SSSR count). The van der Waals surface area contributed by atoms with Crippen molar-refractivity contribution in [3.8, 4) is 0 Å². The molecule has 0 atom stereocenters. The molecule has 0 aliphatic carbocycles. The van der Waals surface area contributed by atoms with Crippen molar-refractivity contribution in [2.24, 2.45) is 0 Å². The fourth-order valence-corrected chi connectivity index (χ4v) is 3.64. The molecule has 0 radical (unpaired) electrons. The van der Waals surface area contributed by atoms with E-state index in [1.165, 1.54) is 0 Å². The van der Waals surface area contributed by atoms with Gasteiger partial charge in [-0.3, -0.25) is 0 Å². The normalized spacial score (nSPS) is 25.3. The molecule has 30 heavy (non-hydrogen) atoms. The lowest BCUT2D eigenvalue weighted by Gasteiger charge is -2.32. The van der Waals surface area contributed by atoms with Crippen LogP contribution in [0.25, 0.3) is 0 Å². The van der Waals surface area contributed by atoms with Gasteiger partial charge in [0, 0.05) is 11.8 Å². The molecule has 2 aliphatic rings. The van der Waals surface area contributed by atoms with E-state index in [0.29, 0.717) is 11.8 Å². The third kappa shape index (κ3) is 5.68. The van der Waals surface area contributed by atoms with Crippen molar-refractivity contribution in [1.29, 1.82) is 0 Å². The van der Waals surface area contributed by atoms with Crippen LogP contribution in [0.2, 0.25) is 0 Å². The van der Waals surface area contributed by atoms with Crippen LogP contribution in [0.1, 0.15) is 81.1 Å². The lowest BCUT2D eigenvalue weighted by atomic mass is 9.63. The summed E-state index contributed by atoms with van der Waals surface area (Å²) in [6.45, 7) is 16.5. The number of alkyl halides is 2. The molecule has 0 unspecified atom stereocenters. The van der Waals surface area contributed by atoms with Crippen molar-refractivity contribution in [3.05, 3.63) is 23.1 Å². The molecule has 0 aromatic carbocycles. The highest BCUT2D eigenvalue weighted by molar-refractivity contribution is 6.63. The first-order valence-electron chi connectivity index (χ1n) is 11.0. The number of halogens is 2. The third-order valence-corrected chi connectivity index (χ3v) is 7.33. The highest BCUT2D eigenvalue weighted by Crippen LogP contribution is 2.43. The second kappa shape index (κ2) is 9.89. The van der Waals surface area contributed by atoms with Gasteiger partial charge in [-0.15, -0.1) is 23.2 Å². The third-order valence-electron chi connectivity index (χ3n) is 6.80. The topological polar surface area (TPSA) is 36.9 Å². The number of hydrogen-bond acceptors (Lipinski definition) is 4. The Labute approximate surface area is 194 Å². The Kier molecular flexibility index (Phi) is 8.66. The molecule has 2 heterocycles. The van der Waals surface area contributed by atoms with E-state index in [4.69, 9.17) is 41.8 Å². The lowest BCUT2D eigenvalue weighted by Crippen LogP contribution is -2.41. The molecule has 2 saturated heterocycles. The zero-order valence-electron chi connectivity index (χ0n) is 19.9. The summed E-state index contributed by atoms with van der Waals surface area (Å²) in [5, 5.41) is 0. The molecule has 4 nitrogen and oxygen atoms in total. The van der Waals surface area contributed by atoms with Gasteiger partial charge in [0.1, 0.15) is 0 Å². The van der Waals surface area contributed by atoms with Crippen LogP contribution in [-0.2, 0) is 18.6 Å². The fraction of sp³-hybridized carbons (Fsp3) is 0.818. The van der Waals surface area contributed by atoms with E-state index in [9.17, 15) is 0 Å². The SMILES string of the molecule is CC1(C)OB(C(/C=C/CCCCl)=C(\CCCCl)B2OC(C)(C)C(C)(C)O2)OC1(C)C. The Balaban J connectivity index is 2.49. The summed E-state index contributed by atoms with van der Waals surface area (Å²) in [6.07, 6.45) is 7.61. The van der Waals surface area contributed by atoms with Crippen molar-refractivity contribution in [1.82, 2.24) is 0 Å². The Bertz CT molecular complexity index is 628. The average molecular weight is 459 g/mol. The van der Waals surface area contributed by atoms with E-state index in [1.54, 1.807) is 0 Å². The molecule has 0 spiro atoms. The molecule has 0 amide bonds. The summed E-state index contributed by atoms with van der Waals surface area (Å²) in [6, 6.07) is 0. The van der Waals surface area contributed by atoms with Crippen LogP contribution in [-0.4, -0.2) is 48.4 Å². The van der Waals surface area contributed by atoms with Crippen LogP contribution in [0.3, 0.4) is 0 Å². The Hall–Kier alpha value is 0.0299. The lowest BCUT2D eigenvalue weighted by molar-refractivity contribution is 0.00578. The van der Waals surface area contributed by atoms with Gasteiger partial charge in [-0.05, 0) is 92.0 Å². The first-order chi connectivity index (χ1) is 13.8. The maximum absolute atomic E-state index is 6.41. The van der Waals surface area contributed by atoms with Gasteiger partial charge >= 0.3 is 14.2 Å². The zero-order valence-corrected chi connectivity index (χ0v) is 21.5. The minimum absolute atomic E-state index is 0.423. The summed E-state index contributed by atoms with van der Waals surface area (Å²) in [5.74, 6) is 1.20. The smallest absolute Gasteiger partial charge is 0.400 e. The van der Waals surface area contributed by atoms with Gasteiger partial charge in [0.25, 0.3) is 0 Å². The second-order valence-electron chi connectivity index (χ2n) is 10.2. The van der Waals surface area contributed by atoms with Crippen LogP contribution in [0.4, 0.5) is 0 Å². The minimum atomic E-state index is -0.494. The number of hydrogen-bond donors (Lipinski definition) is 0. The summed E-state index contributed by atoms with van der Waals surface area (Å²) in [7, 11) is -0.962. The molecule has 0 bridgehead atoms. The summed E-state index contributed by atoms with van der Waals surface area (Å²) in [5.41, 5.74) is 0.295. The van der Waals surface area contributed by atoms with Crippen molar-refractivity contribution in [2.45, 2.75) is 103 Å². The zero-order chi connectivity index (χ0) is 22.8. The van der Waals surface area contributed by atoms with Gasteiger partial charge < -0.3 is 18.6 Å². The second-order valence-corrected chi connectivity index (χ2v) is 10.9. The maximum atomic E-state index is 6.41. The summed E-state index contributed by atoms with van der Waals surface area (Å²) < 4.78 is 25.6. The molecule has 0 aromatic heterocycles. The van der Waals surface area contributed by atoms with Crippen LogP contribution in [0, 0.1) is 0 Å². The van der Waals surface area contributed by atoms with Crippen LogP contribution >= 0.6 is 23.2 Å².